The molecule has 0 aromatic carbocycles. The first-order valence-corrected chi connectivity index (χ1v) is 6.41. The third-order valence-corrected chi connectivity index (χ3v) is 3.72. The molecule has 0 aromatic heterocycles. The minimum atomic E-state index is -0.550. The van der Waals surface area contributed by atoms with Crippen molar-refractivity contribution in [1.29, 1.82) is 0 Å². The Morgan fingerprint density at radius 1 is 1.19 bits per heavy atom. The van der Waals surface area contributed by atoms with E-state index in [2.05, 4.69) is 5.32 Å². The lowest BCUT2D eigenvalue weighted by Crippen LogP contribution is -2.43. The van der Waals surface area contributed by atoms with E-state index < -0.39 is 5.60 Å². The quantitative estimate of drug-likeness (QED) is 0.734. The number of carbonyl (C=O) groups is 1. The Bertz CT molecular complexity index is 243. The molecule has 1 amide bonds. The van der Waals surface area contributed by atoms with Crippen LogP contribution < -0.4 is 5.32 Å². The van der Waals surface area contributed by atoms with Crippen LogP contribution in [0.3, 0.4) is 0 Å². The van der Waals surface area contributed by atoms with Gasteiger partial charge in [-0.2, -0.15) is 0 Å². The van der Waals surface area contributed by atoms with Gasteiger partial charge in [0.25, 0.3) is 0 Å². The number of likely N-dealkylation sites (tertiary alicyclic amines) is 1. The monoisotopic (exact) mass is 226 g/mol. The van der Waals surface area contributed by atoms with Crippen LogP contribution in [0.5, 0.6) is 0 Å². The molecule has 0 unspecified atom stereocenters. The molecule has 0 atom stereocenters. The van der Waals surface area contributed by atoms with E-state index in [0.717, 1.165) is 51.6 Å². The lowest BCUT2D eigenvalue weighted by molar-refractivity contribution is -0.129. The van der Waals surface area contributed by atoms with E-state index in [1.807, 2.05) is 4.90 Å². The lowest BCUT2D eigenvalue weighted by atomic mass is 10.0. The molecule has 2 fully saturated rings. The number of nitrogens with one attached hydrogen (secondary N) is 1. The van der Waals surface area contributed by atoms with Gasteiger partial charge in [0.2, 0.25) is 5.91 Å². The molecule has 1 saturated carbocycles. The molecule has 1 heterocycles. The Balaban J connectivity index is 1.65. The maximum atomic E-state index is 11.7. The average molecular weight is 226 g/mol. The minimum Gasteiger partial charge on any atom is -0.389 e. The van der Waals surface area contributed by atoms with Crippen molar-refractivity contribution in [3.63, 3.8) is 0 Å². The van der Waals surface area contributed by atoms with Crippen LogP contribution in [0.1, 0.15) is 38.5 Å². The van der Waals surface area contributed by atoms with E-state index in [1.165, 1.54) is 0 Å². The lowest BCUT2D eigenvalue weighted by Gasteiger charge is -2.23. The van der Waals surface area contributed by atoms with Crippen molar-refractivity contribution in [2.24, 2.45) is 0 Å². The normalized spacial score (nSPS) is 23.9. The zero-order valence-corrected chi connectivity index (χ0v) is 9.87. The summed E-state index contributed by atoms with van der Waals surface area (Å²) in [5, 5.41) is 13.2. The molecule has 2 rings (SSSR count). The van der Waals surface area contributed by atoms with Crippen LogP contribution in [-0.4, -0.2) is 47.7 Å². The first-order valence-electron chi connectivity index (χ1n) is 6.41. The van der Waals surface area contributed by atoms with Crippen LogP contribution in [0.2, 0.25) is 0 Å². The number of carbonyl (C=O) groups excluding carboxylic acids is 1. The van der Waals surface area contributed by atoms with Crippen LogP contribution >= 0.6 is 0 Å². The fraction of sp³-hybridized carbons (Fsp3) is 0.917. The van der Waals surface area contributed by atoms with Gasteiger partial charge in [-0.1, -0.05) is 12.8 Å². The molecular formula is C12H22N2O2. The Morgan fingerprint density at radius 3 is 2.44 bits per heavy atom. The van der Waals surface area contributed by atoms with E-state index in [9.17, 15) is 9.90 Å². The third-order valence-electron chi connectivity index (χ3n) is 3.72. The van der Waals surface area contributed by atoms with Crippen molar-refractivity contribution in [3.8, 4) is 0 Å². The average Bonchev–Trinajstić information content (AvgIpc) is 2.88. The summed E-state index contributed by atoms with van der Waals surface area (Å²) in [5.74, 6) is 0.180. The predicted octanol–water partition coefficient (Wildman–Crippen LogP) is 0.503. The van der Waals surface area contributed by atoms with Crippen LogP contribution in [0.25, 0.3) is 0 Å². The van der Waals surface area contributed by atoms with E-state index in [0.29, 0.717) is 13.1 Å². The summed E-state index contributed by atoms with van der Waals surface area (Å²) >= 11 is 0. The van der Waals surface area contributed by atoms with Crippen molar-refractivity contribution in [2.75, 3.05) is 26.2 Å². The van der Waals surface area contributed by atoms with Crippen LogP contribution in [0.15, 0.2) is 0 Å². The predicted molar refractivity (Wildman–Crippen MR) is 62.1 cm³/mol. The molecule has 2 N–H and O–H groups in total. The SMILES string of the molecule is O=C(CNCC1(O)CCCC1)N1CCCC1. The Morgan fingerprint density at radius 2 is 1.81 bits per heavy atom. The highest BCUT2D eigenvalue weighted by Gasteiger charge is 2.30. The Hall–Kier alpha value is -0.610. The molecule has 4 heteroatoms. The molecule has 0 bridgehead atoms. The fourth-order valence-corrected chi connectivity index (χ4v) is 2.69. The van der Waals surface area contributed by atoms with Gasteiger partial charge in [-0.05, 0) is 25.7 Å². The van der Waals surface area contributed by atoms with E-state index in [-0.39, 0.29) is 5.91 Å². The molecule has 0 radical (unpaired) electrons. The highest BCUT2D eigenvalue weighted by molar-refractivity contribution is 5.78. The van der Waals surface area contributed by atoms with Gasteiger partial charge in [-0.15, -0.1) is 0 Å². The number of amides is 1. The molecular weight excluding hydrogens is 204 g/mol. The largest absolute Gasteiger partial charge is 0.389 e. The summed E-state index contributed by atoms with van der Waals surface area (Å²) in [6.45, 7) is 2.75. The van der Waals surface area contributed by atoms with Crippen molar-refractivity contribution in [2.45, 2.75) is 44.1 Å². The molecule has 1 saturated heterocycles. The van der Waals surface area contributed by atoms with Crippen molar-refractivity contribution >= 4 is 5.91 Å². The van der Waals surface area contributed by atoms with Crippen molar-refractivity contribution in [1.82, 2.24) is 10.2 Å². The van der Waals surface area contributed by atoms with Gasteiger partial charge in [-0.25, -0.2) is 0 Å². The number of hydrogen-bond donors (Lipinski definition) is 2. The summed E-state index contributed by atoms with van der Waals surface area (Å²) in [5.41, 5.74) is -0.550. The molecule has 0 aromatic rings. The summed E-state index contributed by atoms with van der Waals surface area (Å²) in [6.07, 6.45) is 6.23. The van der Waals surface area contributed by atoms with Gasteiger partial charge in [-0.3, -0.25) is 4.79 Å². The number of hydrogen-bond acceptors (Lipinski definition) is 3. The van der Waals surface area contributed by atoms with Gasteiger partial charge in [0.15, 0.2) is 0 Å². The van der Waals surface area contributed by atoms with Crippen molar-refractivity contribution < 1.29 is 9.90 Å². The van der Waals surface area contributed by atoms with E-state index in [4.69, 9.17) is 0 Å². The molecule has 4 nitrogen and oxygen atoms in total. The van der Waals surface area contributed by atoms with Gasteiger partial charge >= 0.3 is 0 Å². The van der Waals surface area contributed by atoms with Crippen LogP contribution in [-0.2, 0) is 4.79 Å². The Labute approximate surface area is 97.0 Å². The van der Waals surface area contributed by atoms with E-state index in [1.54, 1.807) is 0 Å². The molecule has 1 aliphatic carbocycles. The maximum absolute atomic E-state index is 11.7. The summed E-state index contributed by atoms with van der Waals surface area (Å²) in [4.78, 5) is 13.6. The first-order chi connectivity index (χ1) is 7.70. The maximum Gasteiger partial charge on any atom is 0.236 e. The topological polar surface area (TPSA) is 52.6 Å². The highest BCUT2D eigenvalue weighted by Crippen LogP contribution is 2.28. The second-order valence-corrected chi connectivity index (χ2v) is 5.12. The summed E-state index contributed by atoms with van der Waals surface area (Å²) in [7, 11) is 0. The zero-order chi connectivity index (χ0) is 11.4. The molecule has 2 aliphatic rings. The minimum absolute atomic E-state index is 0.180. The second-order valence-electron chi connectivity index (χ2n) is 5.12. The summed E-state index contributed by atoms with van der Waals surface area (Å²) in [6, 6.07) is 0. The first kappa shape index (κ1) is 11.9. The molecule has 1 aliphatic heterocycles. The standard InChI is InChI=1S/C12H22N2O2/c15-11(14-7-3-4-8-14)9-13-10-12(16)5-1-2-6-12/h13,16H,1-10H2. The van der Waals surface area contributed by atoms with Gasteiger partial charge in [0.1, 0.15) is 0 Å². The van der Waals surface area contributed by atoms with Crippen LogP contribution in [0, 0.1) is 0 Å². The number of rotatable bonds is 4. The van der Waals surface area contributed by atoms with Crippen molar-refractivity contribution in [3.05, 3.63) is 0 Å². The smallest absolute Gasteiger partial charge is 0.236 e. The van der Waals surface area contributed by atoms with Gasteiger partial charge in [0, 0.05) is 19.6 Å². The Kier molecular flexibility index (Phi) is 3.82. The van der Waals surface area contributed by atoms with Crippen LogP contribution in [0.4, 0.5) is 0 Å². The number of aliphatic hydroxyl groups is 1. The summed E-state index contributed by atoms with van der Waals surface area (Å²) < 4.78 is 0. The highest BCUT2D eigenvalue weighted by atomic mass is 16.3. The third kappa shape index (κ3) is 2.95. The molecule has 16 heavy (non-hydrogen) atoms. The van der Waals surface area contributed by atoms with Gasteiger partial charge in [0.05, 0.1) is 12.1 Å². The molecule has 0 spiro atoms. The number of nitrogens with zero attached hydrogens (tertiary/aromatic N) is 1. The second kappa shape index (κ2) is 5.15. The zero-order valence-electron chi connectivity index (χ0n) is 9.87. The van der Waals surface area contributed by atoms with E-state index >= 15 is 0 Å². The van der Waals surface area contributed by atoms with Gasteiger partial charge < -0.3 is 15.3 Å². The fourth-order valence-electron chi connectivity index (χ4n) is 2.69. The molecule has 92 valence electrons.